The smallest absolute Gasteiger partial charge is 0.266 e. The van der Waals surface area contributed by atoms with E-state index in [1.807, 2.05) is 13.0 Å². The molecule has 6 heteroatoms. The number of nitrogens with zero attached hydrogens (tertiary/aromatic N) is 5. The molecule has 26 heavy (non-hydrogen) atoms. The molecule has 1 aliphatic heterocycles. The van der Waals surface area contributed by atoms with Crippen LogP contribution in [0.3, 0.4) is 0 Å². The van der Waals surface area contributed by atoms with E-state index in [0.717, 1.165) is 62.4 Å². The van der Waals surface area contributed by atoms with Crippen LogP contribution in [0, 0.1) is 24.2 Å². The molecule has 0 unspecified atom stereocenters. The van der Waals surface area contributed by atoms with E-state index in [-0.39, 0.29) is 5.56 Å². The average Bonchev–Trinajstić information content (AvgIpc) is 3.11. The lowest BCUT2D eigenvalue weighted by Gasteiger charge is -2.33. The lowest BCUT2D eigenvalue weighted by atomic mass is 9.96. The zero-order valence-corrected chi connectivity index (χ0v) is 15.1. The van der Waals surface area contributed by atoms with E-state index in [2.05, 4.69) is 16.1 Å². The van der Waals surface area contributed by atoms with Gasteiger partial charge in [-0.15, -0.1) is 0 Å². The molecule has 4 rings (SSSR count). The Morgan fingerprint density at radius 3 is 2.85 bits per heavy atom. The lowest BCUT2D eigenvalue weighted by Crippen LogP contribution is -2.37. The predicted octanol–water partition coefficient (Wildman–Crippen LogP) is 2.22. The molecule has 3 heterocycles. The van der Waals surface area contributed by atoms with Gasteiger partial charge in [0, 0.05) is 31.4 Å². The number of nitriles is 1. The van der Waals surface area contributed by atoms with Crippen molar-refractivity contribution >= 4 is 5.82 Å². The second kappa shape index (κ2) is 6.91. The van der Waals surface area contributed by atoms with Crippen molar-refractivity contribution in [2.45, 2.75) is 45.6 Å². The lowest BCUT2D eigenvalue weighted by molar-refractivity contribution is 0.333. The number of rotatable bonds is 3. The summed E-state index contributed by atoms with van der Waals surface area (Å²) in [4.78, 5) is 19.0. The van der Waals surface area contributed by atoms with E-state index in [1.54, 1.807) is 16.8 Å². The van der Waals surface area contributed by atoms with Crippen LogP contribution in [0.25, 0.3) is 0 Å². The van der Waals surface area contributed by atoms with E-state index in [9.17, 15) is 10.1 Å². The van der Waals surface area contributed by atoms with Crippen molar-refractivity contribution in [1.82, 2.24) is 14.8 Å². The zero-order valence-electron chi connectivity index (χ0n) is 15.1. The van der Waals surface area contributed by atoms with Crippen molar-refractivity contribution in [1.29, 1.82) is 5.26 Å². The third kappa shape index (κ3) is 3.22. The van der Waals surface area contributed by atoms with Gasteiger partial charge in [0.05, 0.1) is 11.3 Å². The first-order valence-corrected chi connectivity index (χ1v) is 9.36. The van der Waals surface area contributed by atoms with Crippen LogP contribution in [0.2, 0.25) is 0 Å². The Morgan fingerprint density at radius 2 is 2.08 bits per heavy atom. The van der Waals surface area contributed by atoms with Gasteiger partial charge in [0.25, 0.3) is 5.56 Å². The Balaban J connectivity index is 1.47. The largest absolute Gasteiger partial charge is 0.355 e. The molecular formula is C20H23N5O. The summed E-state index contributed by atoms with van der Waals surface area (Å²) >= 11 is 0. The Kier molecular flexibility index (Phi) is 4.46. The summed E-state index contributed by atoms with van der Waals surface area (Å²) in [6, 6.07) is 7.71. The first-order chi connectivity index (χ1) is 12.6. The molecule has 0 radical (unpaired) electrons. The van der Waals surface area contributed by atoms with Crippen molar-refractivity contribution in [2.24, 2.45) is 5.92 Å². The normalized spacial score (nSPS) is 17.2. The molecule has 0 saturated carbocycles. The highest BCUT2D eigenvalue weighted by Gasteiger charge is 2.25. The molecule has 2 aromatic heterocycles. The summed E-state index contributed by atoms with van der Waals surface area (Å²) < 4.78 is 1.59. The second-order valence-corrected chi connectivity index (χ2v) is 7.36. The topological polar surface area (TPSA) is 74.8 Å². The summed E-state index contributed by atoms with van der Waals surface area (Å²) in [5.41, 5.74) is 3.93. The minimum absolute atomic E-state index is 0.0370. The summed E-state index contributed by atoms with van der Waals surface area (Å²) in [6.45, 7) is 4.30. The highest BCUT2D eigenvalue weighted by atomic mass is 16.1. The predicted molar refractivity (Wildman–Crippen MR) is 99.1 cm³/mol. The maximum atomic E-state index is 12.0. The molecule has 1 fully saturated rings. The van der Waals surface area contributed by atoms with E-state index in [1.165, 1.54) is 5.56 Å². The van der Waals surface area contributed by atoms with Crippen LogP contribution in [0.15, 0.2) is 23.0 Å². The van der Waals surface area contributed by atoms with Crippen molar-refractivity contribution in [3.05, 3.63) is 51.1 Å². The fourth-order valence-electron chi connectivity index (χ4n) is 4.04. The number of aromatic nitrogens is 3. The van der Waals surface area contributed by atoms with Gasteiger partial charge in [-0.3, -0.25) is 4.79 Å². The van der Waals surface area contributed by atoms with Gasteiger partial charge in [-0.1, -0.05) is 0 Å². The van der Waals surface area contributed by atoms with E-state index >= 15 is 0 Å². The SMILES string of the molecule is Cc1ccc(=O)n(CC2CCN(c3nc4c(cc3C#N)CCC4)CC2)n1. The van der Waals surface area contributed by atoms with E-state index in [4.69, 9.17) is 4.98 Å². The Bertz CT molecular complexity index is 919. The van der Waals surface area contributed by atoms with Crippen LogP contribution in [-0.4, -0.2) is 27.9 Å². The molecule has 6 nitrogen and oxygen atoms in total. The Labute approximate surface area is 153 Å². The molecular weight excluding hydrogens is 326 g/mol. The van der Waals surface area contributed by atoms with Gasteiger partial charge in [0.15, 0.2) is 0 Å². The maximum absolute atomic E-state index is 12.0. The van der Waals surface area contributed by atoms with Crippen LogP contribution in [0.5, 0.6) is 0 Å². The molecule has 0 bridgehead atoms. The van der Waals surface area contributed by atoms with Gasteiger partial charge in [-0.05, 0) is 62.6 Å². The van der Waals surface area contributed by atoms with Gasteiger partial charge in [0.1, 0.15) is 11.9 Å². The van der Waals surface area contributed by atoms with E-state index in [0.29, 0.717) is 18.0 Å². The van der Waals surface area contributed by atoms with Crippen LogP contribution in [0.4, 0.5) is 5.82 Å². The quantitative estimate of drug-likeness (QED) is 0.849. The highest BCUT2D eigenvalue weighted by Crippen LogP contribution is 2.29. The molecule has 2 aromatic rings. The minimum atomic E-state index is -0.0370. The third-order valence-corrected chi connectivity index (χ3v) is 5.50. The van der Waals surface area contributed by atoms with Crippen molar-refractivity contribution in [3.8, 4) is 6.07 Å². The van der Waals surface area contributed by atoms with Crippen LogP contribution in [-0.2, 0) is 19.4 Å². The fourth-order valence-corrected chi connectivity index (χ4v) is 4.04. The van der Waals surface area contributed by atoms with Gasteiger partial charge in [-0.25, -0.2) is 9.67 Å². The van der Waals surface area contributed by atoms with Gasteiger partial charge >= 0.3 is 0 Å². The molecule has 0 N–H and O–H groups in total. The number of hydrogen-bond donors (Lipinski definition) is 0. The Hall–Kier alpha value is -2.68. The number of fused-ring (bicyclic) bond motifs is 1. The van der Waals surface area contributed by atoms with Gasteiger partial charge in [0.2, 0.25) is 0 Å². The van der Waals surface area contributed by atoms with Crippen LogP contribution in [0.1, 0.15) is 41.8 Å². The molecule has 0 spiro atoms. The molecule has 1 saturated heterocycles. The van der Waals surface area contributed by atoms with Crippen LogP contribution < -0.4 is 10.5 Å². The minimum Gasteiger partial charge on any atom is -0.355 e. The van der Waals surface area contributed by atoms with Crippen molar-refractivity contribution in [3.63, 3.8) is 0 Å². The van der Waals surface area contributed by atoms with Crippen molar-refractivity contribution < 1.29 is 0 Å². The summed E-state index contributed by atoms with van der Waals surface area (Å²) in [6.07, 6.45) is 5.15. The number of anilines is 1. The molecule has 0 amide bonds. The number of pyridine rings is 1. The van der Waals surface area contributed by atoms with Crippen LogP contribution >= 0.6 is 0 Å². The van der Waals surface area contributed by atoms with Gasteiger partial charge in [-0.2, -0.15) is 10.4 Å². The molecule has 134 valence electrons. The summed E-state index contributed by atoms with van der Waals surface area (Å²) in [7, 11) is 0. The third-order valence-electron chi connectivity index (χ3n) is 5.50. The first-order valence-electron chi connectivity index (χ1n) is 9.36. The molecule has 0 aromatic carbocycles. The average molecular weight is 349 g/mol. The maximum Gasteiger partial charge on any atom is 0.266 e. The molecule has 0 atom stereocenters. The summed E-state index contributed by atoms with van der Waals surface area (Å²) in [5.74, 6) is 1.27. The van der Waals surface area contributed by atoms with E-state index < -0.39 is 0 Å². The number of piperidine rings is 1. The fraction of sp³-hybridized carbons (Fsp3) is 0.500. The number of hydrogen-bond acceptors (Lipinski definition) is 5. The second-order valence-electron chi connectivity index (χ2n) is 7.36. The number of aryl methyl sites for hydroxylation is 3. The Morgan fingerprint density at radius 1 is 1.27 bits per heavy atom. The molecule has 2 aliphatic rings. The molecule has 1 aliphatic carbocycles. The zero-order chi connectivity index (χ0) is 18.1. The monoisotopic (exact) mass is 349 g/mol. The standard InChI is InChI=1S/C20H23N5O/c1-14-5-6-19(26)25(23-14)13-15-7-9-24(10-8-15)20-17(12-21)11-16-3-2-4-18(16)22-20/h5-6,11,15H,2-4,7-10,13H2,1H3. The van der Waals surface area contributed by atoms with Crippen molar-refractivity contribution in [2.75, 3.05) is 18.0 Å². The van der Waals surface area contributed by atoms with Gasteiger partial charge < -0.3 is 4.90 Å². The summed E-state index contributed by atoms with van der Waals surface area (Å²) in [5, 5.41) is 13.9. The highest BCUT2D eigenvalue weighted by molar-refractivity contribution is 5.57. The first kappa shape index (κ1) is 16.8.